The minimum Gasteiger partial charge on any atom is -0.399 e. The van der Waals surface area contributed by atoms with Gasteiger partial charge in [0, 0.05) is 23.5 Å². The molecule has 1 aliphatic heterocycles. The highest BCUT2D eigenvalue weighted by molar-refractivity contribution is 5.87. The fourth-order valence-electron chi connectivity index (χ4n) is 3.80. The number of fused-ring (bicyclic) bond motifs is 3. The number of aryl methyl sites for hydroxylation is 1. The SMILES string of the molecule is Cc1ccc2c(c1)N(CCF)C(c1ccccc1)c1cc(N)ccc1-2. The van der Waals surface area contributed by atoms with Gasteiger partial charge in [-0.3, -0.25) is 0 Å². The molecule has 2 N–H and O–H groups in total. The maximum absolute atomic E-state index is 13.5. The van der Waals surface area contributed by atoms with Crippen LogP contribution in [-0.2, 0) is 0 Å². The molecular formula is C22H21FN2. The third-order valence-corrected chi connectivity index (χ3v) is 4.88. The van der Waals surface area contributed by atoms with Gasteiger partial charge in [-0.1, -0.05) is 48.5 Å². The monoisotopic (exact) mass is 332 g/mol. The second kappa shape index (κ2) is 6.25. The zero-order valence-electron chi connectivity index (χ0n) is 14.2. The lowest BCUT2D eigenvalue weighted by Gasteiger charge is -2.40. The van der Waals surface area contributed by atoms with Crippen LogP contribution >= 0.6 is 0 Å². The summed E-state index contributed by atoms with van der Waals surface area (Å²) in [6, 6.07) is 22.7. The molecule has 25 heavy (non-hydrogen) atoms. The van der Waals surface area contributed by atoms with Crippen LogP contribution in [0.4, 0.5) is 15.8 Å². The molecule has 4 rings (SSSR count). The van der Waals surface area contributed by atoms with Crippen LogP contribution < -0.4 is 10.6 Å². The number of alkyl halides is 1. The largest absolute Gasteiger partial charge is 0.399 e. The first kappa shape index (κ1) is 15.7. The normalized spacial score (nSPS) is 15.6. The highest BCUT2D eigenvalue weighted by Crippen LogP contribution is 2.47. The van der Waals surface area contributed by atoms with Gasteiger partial charge in [0.25, 0.3) is 0 Å². The Bertz CT molecular complexity index is 905. The molecule has 1 heterocycles. The van der Waals surface area contributed by atoms with Crippen LogP contribution in [0.15, 0.2) is 66.7 Å². The highest BCUT2D eigenvalue weighted by atomic mass is 19.1. The lowest BCUT2D eigenvalue weighted by molar-refractivity contribution is 0.480. The summed E-state index contributed by atoms with van der Waals surface area (Å²) in [4.78, 5) is 2.17. The molecule has 0 aliphatic carbocycles. The number of hydrogen-bond donors (Lipinski definition) is 1. The molecule has 0 saturated heterocycles. The Hall–Kier alpha value is -2.81. The van der Waals surface area contributed by atoms with Crippen molar-refractivity contribution in [3.05, 3.63) is 83.4 Å². The molecule has 0 radical (unpaired) electrons. The zero-order valence-corrected chi connectivity index (χ0v) is 14.2. The maximum atomic E-state index is 13.5. The summed E-state index contributed by atoms with van der Waals surface area (Å²) in [7, 11) is 0. The van der Waals surface area contributed by atoms with E-state index in [1.807, 2.05) is 30.3 Å². The quantitative estimate of drug-likeness (QED) is 0.674. The van der Waals surface area contributed by atoms with Crippen molar-refractivity contribution in [3.8, 4) is 11.1 Å². The summed E-state index contributed by atoms with van der Waals surface area (Å²) >= 11 is 0. The van der Waals surface area contributed by atoms with Gasteiger partial charge in [-0.2, -0.15) is 0 Å². The second-order valence-corrected chi connectivity index (χ2v) is 6.56. The van der Waals surface area contributed by atoms with Crippen molar-refractivity contribution in [2.45, 2.75) is 13.0 Å². The van der Waals surface area contributed by atoms with Crippen LogP contribution in [0.5, 0.6) is 0 Å². The molecule has 0 bridgehead atoms. The maximum Gasteiger partial charge on any atom is 0.107 e. The number of benzene rings is 3. The molecule has 0 fully saturated rings. The smallest absolute Gasteiger partial charge is 0.107 e. The van der Waals surface area contributed by atoms with E-state index < -0.39 is 6.67 Å². The number of nitrogens with two attached hydrogens (primary N) is 1. The number of anilines is 2. The summed E-state index contributed by atoms with van der Waals surface area (Å²) in [5.74, 6) is 0. The Balaban J connectivity index is 2.01. The van der Waals surface area contributed by atoms with Crippen molar-refractivity contribution in [2.24, 2.45) is 0 Å². The van der Waals surface area contributed by atoms with Gasteiger partial charge in [0.15, 0.2) is 0 Å². The Morgan fingerprint density at radius 3 is 2.48 bits per heavy atom. The van der Waals surface area contributed by atoms with Crippen LogP contribution in [0.25, 0.3) is 11.1 Å². The van der Waals surface area contributed by atoms with E-state index in [0.717, 1.165) is 28.1 Å². The lowest BCUT2D eigenvalue weighted by atomic mass is 9.84. The molecule has 0 spiro atoms. The molecule has 3 heteroatoms. The van der Waals surface area contributed by atoms with Gasteiger partial charge in [-0.05, 0) is 47.4 Å². The van der Waals surface area contributed by atoms with E-state index in [2.05, 4.69) is 48.2 Å². The lowest BCUT2D eigenvalue weighted by Crippen LogP contribution is -2.34. The van der Waals surface area contributed by atoms with Crippen LogP contribution in [0.3, 0.4) is 0 Å². The Morgan fingerprint density at radius 1 is 0.960 bits per heavy atom. The standard InChI is InChI=1S/C22H21FN2/c1-15-7-9-19-18-10-8-17(24)14-20(18)22(16-5-3-2-4-6-16)25(12-11-23)21(19)13-15/h2-10,13-14,22H,11-12,24H2,1H3. The molecule has 3 aromatic rings. The third-order valence-electron chi connectivity index (χ3n) is 4.88. The van der Waals surface area contributed by atoms with Crippen molar-refractivity contribution in [1.29, 1.82) is 0 Å². The number of halogens is 1. The third kappa shape index (κ3) is 2.66. The van der Waals surface area contributed by atoms with Gasteiger partial charge in [0.2, 0.25) is 0 Å². The van der Waals surface area contributed by atoms with E-state index in [1.54, 1.807) is 0 Å². The number of rotatable bonds is 3. The molecule has 0 saturated carbocycles. The Kier molecular flexibility index (Phi) is 3.92. The fourth-order valence-corrected chi connectivity index (χ4v) is 3.80. The van der Waals surface area contributed by atoms with Gasteiger partial charge >= 0.3 is 0 Å². The predicted molar refractivity (Wildman–Crippen MR) is 103 cm³/mol. The van der Waals surface area contributed by atoms with Gasteiger partial charge in [0.05, 0.1) is 6.04 Å². The van der Waals surface area contributed by atoms with Crippen molar-refractivity contribution in [2.75, 3.05) is 23.9 Å². The van der Waals surface area contributed by atoms with E-state index in [0.29, 0.717) is 6.54 Å². The van der Waals surface area contributed by atoms with Crippen LogP contribution in [0.2, 0.25) is 0 Å². The van der Waals surface area contributed by atoms with E-state index in [4.69, 9.17) is 5.73 Å². The Morgan fingerprint density at radius 2 is 1.72 bits per heavy atom. The molecule has 1 atom stereocenters. The summed E-state index contributed by atoms with van der Waals surface area (Å²) in [6.45, 7) is 2.03. The van der Waals surface area contributed by atoms with E-state index >= 15 is 0 Å². The van der Waals surface area contributed by atoms with Crippen molar-refractivity contribution in [1.82, 2.24) is 0 Å². The van der Waals surface area contributed by atoms with Gasteiger partial charge < -0.3 is 10.6 Å². The fraction of sp³-hybridized carbons (Fsp3) is 0.182. The van der Waals surface area contributed by atoms with Gasteiger partial charge in [-0.15, -0.1) is 0 Å². The first-order valence-corrected chi connectivity index (χ1v) is 8.57. The molecular weight excluding hydrogens is 311 g/mol. The molecule has 3 aromatic carbocycles. The summed E-state index contributed by atoms with van der Waals surface area (Å²) in [6.07, 6.45) is 0. The van der Waals surface area contributed by atoms with Crippen molar-refractivity contribution in [3.63, 3.8) is 0 Å². The van der Waals surface area contributed by atoms with Gasteiger partial charge in [-0.25, -0.2) is 4.39 Å². The van der Waals surface area contributed by atoms with Crippen molar-refractivity contribution < 1.29 is 4.39 Å². The first-order valence-electron chi connectivity index (χ1n) is 8.57. The molecule has 126 valence electrons. The Labute approximate surface area is 147 Å². The minimum atomic E-state index is -0.394. The van der Waals surface area contributed by atoms with Crippen LogP contribution in [0, 0.1) is 6.92 Å². The van der Waals surface area contributed by atoms with E-state index in [1.165, 1.54) is 11.1 Å². The van der Waals surface area contributed by atoms with E-state index in [-0.39, 0.29) is 6.04 Å². The number of hydrogen-bond acceptors (Lipinski definition) is 2. The second-order valence-electron chi connectivity index (χ2n) is 6.56. The first-order chi connectivity index (χ1) is 12.2. The van der Waals surface area contributed by atoms with Crippen LogP contribution in [0.1, 0.15) is 22.7 Å². The summed E-state index contributed by atoms with van der Waals surface area (Å²) in [5.41, 5.74) is 13.7. The zero-order chi connectivity index (χ0) is 17.4. The molecule has 2 nitrogen and oxygen atoms in total. The molecule has 1 unspecified atom stereocenters. The van der Waals surface area contributed by atoms with E-state index in [9.17, 15) is 4.39 Å². The number of nitrogen functional groups attached to an aromatic ring is 1. The summed E-state index contributed by atoms with van der Waals surface area (Å²) < 4.78 is 13.5. The topological polar surface area (TPSA) is 29.3 Å². The average molecular weight is 332 g/mol. The molecule has 0 amide bonds. The number of nitrogens with zero attached hydrogens (tertiary/aromatic N) is 1. The van der Waals surface area contributed by atoms with Crippen molar-refractivity contribution >= 4 is 11.4 Å². The molecule has 0 aromatic heterocycles. The van der Waals surface area contributed by atoms with Gasteiger partial charge in [0.1, 0.15) is 6.67 Å². The molecule has 1 aliphatic rings. The highest BCUT2D eigenvalue weighted by Gasteiger charge is 2.32. The summed E-state index contributed by atoms with van der Waals surface area (Å²) in [5, 5.41) is 0. The van der Waals surface area contributed by atoms with Crippen LogP contribution in [-0.4, -0.2) is 13.2 Å². The average Bonchev–Trinajstić information content (AvgIpc) is 2.62. The predicted octanol–water partition coefficient (Wildman–Crippen LogP) is 5.12. The minimum absolute atomic E-state index is 0.0373.